The van der Waals surface area contributed by atoms with Crippen LogP contribution in [0.4, 0.5) is 0 Å². The lowest BCUT2D eigenvalue weighted by molar-refractivity contribution is 0.0600. The molecule has 3 aromatic heterocycles. The Bertz CT molecular complexity index is 1670. The van der Waals surface area contributed by atoms with Crippen LogP contribution < -0.4 is 0 Å². The number of benzene rings is 2. The number of esters is 1. The maximum Gasteiger partial charge on any atom is 0.337 e. The minimum Gasteiger partial charge on any atom is -0.465 e. The third kappa shape index (κ3) is 3.85. The molecule has 0 aliphatic carbocycles. The van der Waals surface area contributed by atoms with Gasteiger partial charge in [-0.3, -0.25) is 4.79 Å². The van der Waals surface area contributed by atoms with Gasteiger partial charge in [0.2, 0.25) is 0 Å². The quantitative estimate of drug-likeness (QED) is 0.350. The number of aromatic amines is 1. The minimum absolute atomic E-state index is 0.0583. The molecule has 186 valence electrons. The molecule has 1 aliphatic heterocycles. The van der Waals surface area contributed by atoms with Crippen molar-refractivity contribution in [3.05, 3.63) is 83.2 Å². The van der Waals surface area contributed by atoms with Crippen LogP contribution in [0.25, 0.3) is 33.2 Å². The number of methoxy groups -OCH3 is 1. The highest BCUT2D eigenvalue weighted by atomic mass is 16.5. The van der Waals surface area contributed by atoms with Crippen LogP contribution in [0.1, 0.15) is 51.9 Å². The first-order chi connectivity index (χ1) is 17.9. The van der Waals surface area contributed by atoms with Gasteiger partial charge in [0.05, 0.1) is 35.5 Å². The zero-order valence-corrected chi connectivity index (χ0v) is 21.0. The lowest BCUT2D eigenvalue weighted by Crippen LogP contribution is -2.36. The first-order valence-corrected chi connectivity index (χ1v) is 12.4. The van der Waals surface area contributed by atoms with Gasteiger partial charge in [-0.1, -0.05) is 30.3 Å². The first kappa shape index (κ1) is 23.0. The number of pyridine rings is 1. The van der Waals surface area contributed by atoms with Crippen molar-refractivity contribution in [3.8, 4) is 11.3 Å². The van der Waals surface area contributed by atoms with Crippen LogP contribution in [0, 0.1) is 0 Å². The van der Waals surface area contributed by atoms with Crippen molar-refractivity contribution >= 4 is 33.8 Å². The Morgan fingerprint density at radius 3 is 2.62 bits per heavy atom. The standard InChI is InChI=1S/C29H27N5O3/c1-17(2)34-27-22(15-30-34)21(14-26(32-27)18-7-5-4-6-8-18)28(35)33-12-11-25-23(16-33)20-13-19(29(36)37-3)9-10-24(20)31-25/h4-10,13-15,17,31H,11-12,16H2,1-3H3. The summed E-state index contributed by atoms with van der Waals surface area (Å²) in [7, 11) is 1.38. The van der Waals surface area contributed by atoms with E-state index in [1.807, 2.05) is 58.1 Å². The number of amides is 1. The van der Waals surface area contributed by atoms with Crippen molar-refractivity contribution < 1.29 is 14.3 Å². The van der Waals surface area contributed by atoms with E-state index in [1.165, 1.54) is 7.11 Å². The number of nitrogens with zero attached hydrogens (tertiary/aromatic N) is 4. The summed E-state index contributed by atoms with van der Waals surface area (Å²) in [5, 5.41) is 6.24. The smallest absolute Gasteiger partial charge is 0.337 e. The summed E-state index contributed by atoms with van der Waals surface area (Å²) in [6.45, 7) is 5.14. The van der Waals surface area contributed by atoms with Gasteiger partial charge in [0.25, 0.3) is 5.91 Å². The van der Waals surface area contributed by atoms with Gasteiger partial charge in [-0.2, -0.15) is 5.10 Å². The zero-order valence-electron chi connectivity index (χ0n) is 21.0. The predicted octanol–water partition coefficient (Wildman–Crippen LogP) is 5.15. The number of fused-ring (bicyclic) bond motifs is 4. The van der Waals surface area contributed by atoms with Crippen molar-refractivity contribution in [3.63, 3.8) is 0 Å². The van der Waals surface area contributed by atoms with E-state index < -0.39 is 0 Å². The summed E-state index contributed by atoms with van der Waals surface area (Å²) >= 11 is 0. The highest BCUT2D eigenvalue weighted by Gasteiger charge is 2.28. The molecule has 0 bridgehead atoms. The highest BCUT2D eigenvalue weighted by molar-refractivity contribution is 6.07. The Hall–Kier alpha value is -4.46. The van der Waals surface area contributed by atoms with Crippen LogP contribution in [0.15, 0.2) is 60.8 Å². The molecular weight excluding hydrogens is 466 g/mol. The van der Waals surface area contributed by atoms with Crippen molar-refractivity contribution in [2.45, 2.75) is 32.9 Å². The molecule has 5 aromatic rings. The Balaban J connectivity index is 1.43. The van der Waals surface area contributed by atoms with Crippen LogP contribution in [-0.4, -0.2) is 50.2 Å². The van der Waals surface area contributed by atoms with Crippen LogP contribution in [0.5, 0.6) is 0 Å². The summed E-state index contributed by atoms with van der Waals surface area (Å²) in [5.41, 5.74) is 6.55. The van der Waals surface area contributed by atoms with E-state index in [2.05, 4.69) is 23.9 Å². The number of rotatable bonds is 4. The molecule has 8 nitrogen and oxygen atoms in total. The predicted molar refractivity (Wildman–Crippen MR) is 141 cm³/mol. The molecule has 4 heterocycles. The van der Waals surface area contributed by atoms with E-state index in [0.29, 0.717) is 36.3 Å². The highest BCUT2D eigenvalue weighted by Crippen LogP contribution is 2.32. The first-order valence-electron chi connectivity index (χ1n) is 12.4. The van der Waals surface area contributed by atoms with Gasteiger partial charge >= 0.3 is 5.97 Å². The van der Waals surface area contributed by atoms with E-state index >= 15 is 0 Å². The number of ether oxygens (including phenoxy) is 1. The molecule has 37 heavy (non-hydrogen) atoms. The average Bonchev–Trinajstić information content (AvgIpc) is 3.53. The molecule has 0 saturated heterocycles. The summed E-state index contributed by atoms with van der Waals surface area (Å²) in [6, 6.07) is 17.4. The second-order valence-electron chi connectivity index (χ2n) is 9.65. The van der Waals surface area contributed by atoms with Crippen molar-refractivity contribution in [2.24, 2.45) is 0 Å². The van der Waals surface area contributed by atoms with Crippen LogP contribution >= 0.6 is 0 Å². The molecule has 0 spiro atoms. The van der Waals surface area contributed by atoms with Crippen molar-refractivity contribution in [1.29, 1.82) is 0 Å². The molecular formula is C29H27N5O3. The van der Waals surface area contributed by atoms with Crippen LogP contribution in [-0.2, 0) is 17.7 Å². The Kier molecular flexibility index (Phi) is 5.52. The number of H-pyrrole nitrogens is 1. The third-order valence-corrected chi connectivity index (χ3v) is 7.04. The topological polar surface area (TPSA) is 93.1 Å². The normalized spacial score (nSPS) is 13.4. The number of hydrogen-bond donors (Lipinski definition) is 1. The molecule has 0 unspecified atom stereocenters. The Labute approximate surface area is 213 Å². The number of carbonyl (C=O) groups is 2. The molecule has 6 rings (SSSR count). The monoisotopic (exact) mass is 493 g/mol. The number of carbonyl (C=O) groups excluding carboxylic acids is 2. The zero-order chi connectivity index (χ0) is 25.7. The summed E-state index contributed by atoms with van der Waals surface area (Å²) in [4.78, 5) is 36.4. The summed E-state index contributed by atoms with van der Waals surface area (Å²) in [6.07, 6.45) is 2.45. The van der Waals surface area contributed by atoms with Gasteiger partial charge in [-0.25, -0.2) is 14.5 Å². The maximum absolute atomic E-state index is 14.0. The molecule has 1 amide bonds. The second kappa shape index (κ2) is 8.89. The third-order valence-electron chi connectivity index (χ3n) is 7.04. The number of aromatic nitrogens is 4. The van der Waals surface area contributed by atoms with E-state index in [9.17, 15) is 9.59 Å². The van der Waals surface area contributed by atoms with E-state index in [4.69, 9.17) is 9.72 Å². The molecule has 0 saturated carbocycles. The molecule has 0 fully saturated rings. The lowest BCUT2D eigenvalue weighted by Gasteiger charge is -2.27. The fourth-order valence-electron chi connectivity index (χ4n) is 5.13. The average molecular weight is 494 g/mol. The van der Waals surface area contributed by atoms with Gasteiger partial charge in [-0.05, 0) is 38.1 Å². The molecule has 1 aliphatic rings. The lowest BCUT2D eigenvalue weighted by atomic mass is 10.0. The maximum atomic E-state index is 14.0. The van der Waals surface area contributed by atoms with E-state index in [-0.39, 0.29) is 17.9 Å². The van der Waals surface area contributed by atoms with Crippen LogP contribution in [0.2, 0.25) is 0 Å². The second-order valence-corrected chi connectivity index (χ2v) is 9.65. The van der Waals surface area contributed by atoms with Gasteiger partial charge < -0.3 is 14.6 Å². The number of nitrogens with one attached hydrogen (secondary N) is 1. The largest absolute Gasteiger partial charge is 0.465 e. The van der Waals surface area contributed by atoms with Gasteiger partial charge in [0.1, 0.15) is 0 Å². The number of hydrogen-bond acceptors (Lipinski definition) is 5. The Morgan fingerprint density at radius 1 is 1.05 bits per heavy atom. The molecule has 0 atom stereocenters. The van der Waals surface area contributed by atoms with Gasteiger partial charge in [0, 0.05) is 53.3 Å². The van der Waals surface area contributed by atoms with E-state index in [0.717, 1.165) is 38.8 Å². The van der Waals surface area contributed by atoms with E-state index in [1.54, 1.807) is 12.3 Å². The molecule has 8 heteroatoms. The summed E-state index contributed by atoms with van der Waals surface area (Å²) in [5.74, 6) is -0.438. The molecule has 0 radical (unpaired) electrons. The fourth-order valence-corrected chi connectivity index (χ4v) is 5.13. The van der Waals surface area contributed by atoms with Gasteiger partial charge in [-0.15, -0.1) is 0 Å². The molecule has 1 N–H and O–H groups in total. The SMILES string of the molecule is COC(=O)c1ccc2[nH]c3c(c2c1)CN(C(=O)c1cc(-c2ccccc2)nc2c1cnn2C(C)C)CC3. The van der Waals surface area contributed by atoms with Crippen molar-refractivity contribution in [2.75, 3.05) is 13.7 Å². The van der Waals surface area contributed by atoms with Crippen molar-refractivity contribution in [1.82, 2.24) is 24.6 Å². The summed E-state index contributed by atoms with van der Waals surface area (Å²) < 4.78 is 6.76. The Morgan fingerprint density at radius 2 is 1.86 bits per heavy atom. The van der Waals surface area contributed by atoms with Gasteiger partial charge in [0.15, 0.2) is 5.65 Å². The fraction of sp³-hybridized carbons (Fsp3) is 0.241. The van der Waals surface area contributed by atoms with Crippen LogP contribution in [0.3, 0.4) is 0 Å². The minimum atomic E-state index is -0.379. The molecule has 2 aromatic carbocycles.